The Bertz CT molecular complexity index is 1070. The van der Waals surface area contributed by atoms with Crippen LogP contribution in [0.2, 0.25) is 5.02 Å². The number of nitrogens with zero attached hydrogens (tertiary/aromatic N) is 3. The maximum Gasteiger partial charge on any atom is 0.257 e. The minimum Gasteiger partial charge on any atom is -0.326 e. The zero-order valence-corrected chi connectivity index (χ0v) is 17.7. The molecule has 0 fully saturated rings. The van der Waals surface area contributed by atoms with Gasteiger partial charge >= 0.3 is 0 Å². The van der Waals surface area contributed by atoms with Gasteiger partial charge in [-0.3, -0.25) is 14.8 Å². The van der Waals surface area contributed by atoms with Gasteiger partial charge in [-0.15, -0.1) is 0 Å². The first-order chi connectivity index (χ1) is 13.8. The molecule has 2 aromatic carbocycles. The number of hydrogen-bond donors (Lipinski definition) is 2. The van der Waals surface area contributed by atoms with Crippen LogP contribution < -0.4 is 10.6 Å². The van der Waals surface area contributed by atoms with E-state index in [1.54, 1.807) is 18.2 Å². The highest BCUT2D eigenvalue weighted by molar-refractivity contribution is 6.31. The molecule has 6 nitrogen and oxygen atoms in total. The van der Waals surface area contributed by atoms with Crippen LogP contribution in [0.3, 0.4) is 0 Å². The number of carbonyl (C=O) groups excluding carboxylic acids is 1. The van der Waals surface area contributed by atoms with Gasteiger partial charge in [0, 0.05) is 34.6 Å². The maximum absolute atomic E-state index is 12.7. The van der Waals surface area contributed by atoms with Gasteiger partial charge in [-0.1, -0.05) is 35.4 Å². The first-order valence-corrected chi connectivity index (χ1v) is 9.65. The Hall–Kier alpha value is -3.12. The van der Waals surface area contributed by atoms with Gasteiger partial charge in [0.2, 0.25) is 5.96 Å². The Balaban J connectivity index is 1.87. The van der Waals surface area contributed by atoms with E-state index < -0.39 is 0 Å². The van der Waals surface area contributed by atoms with Crippen LogP contribution in [0, 0.1) is 20.8 Å². The van der Waals surface area contributed by atoms with E-state index in [2.05, 4.69) is 20.7 Å². The first kappa shape index (κ1) is 20.6. The van der Waals surface area contributed by atoms with Crippen LogP contribution in [-0.2, 0) is 13.6 Å². The second-order valence-corrected chi connectivity index (χ2v) is 7.33. The molecule has 0 aliphatic heterocycles. The molecule has 0 radical (unpaired) electrons. The standard InChI is InChI=1S/C22H24ClN5O/c1-14-7-5-8-17(11-14)21(29)26-22(25-19-10-6-9-18(23)12-19)24-13-20-15(2)27-28(4)16(20)3/h5-12H,13H2,1-4H3,(H2,24,25,26,29). The molecule has 1 amide bonds. The average Bonchev–Trinajstić information content (AvgIpc) is 2.91. The fourth-order valence-corrected chi connectivity index (χ4v) is 3.17. The number of rotatable bonds is 4. The summed E-state index contributed by atoms with van der Waals surface area (Å²) in [5, 5.41) is 11.1. The number of amides is 1. The number of aliphatic imine (C=N–C) groups is 1. The largest absolute Gasteiger partial charge is 0.326 e. The second-order valence-electron chi connectivity index (χ2n) is 6.90. The lowest BCUT2D eigenvalue weighted by atomic mass is 10.1. The van der Waals surface area contributed by atoms with Crippen LogP contribution in [0.15, 0.2) is 53.5 Å². The third-order valence-corrected chi connectivity index (χ3v) is 4.89. The third kappa shape index (κ3) is 5.23. The molecule has 3 rings (SSSR count). The monoisotopic (exact) mass is 409 g/mol. The normalized spacial score (nSPS) is 11.4. The van der Waals surface area contributed by atoms with E-state index in [9.17, 15) is 4.79 Å². The van der Waals surface area contributed by atoms with E-state index in [0.717, 1.165) is 28.2 Å². The number of nitrogens with one attached hydrogen (secondary N) is 2. The predicted molar refractivity (Wildman–Crippen MR) is 118 cm³/mol. The highest BCUT2D eigenvalue weighted by atomic mass is 35.5. The van der Waals surface area contributed by atoms with Crippen molar-refractivity contribution in [1.29, 1.82) is 0 Å². The molecule has 0 saturated carbocycles. The van der Waals surface area contributed by atoms with Crippen molar-refractivity contribution >= 4 is 29.2 Å². The molecule has 1 aromatic heterocycles. The van der Waals surface area contributed by atoms with Crippen molar-refractivity contribution in [2.45, 2.75) is 27.3 Å². The van der Waals surface area contributed by atoms with E-state index in [0.29, 0.717) is 23.1 Å². The van der Waals surface area contributed by atoms with Crippen molar-refractivity contribution in [3.05, 3.63) is 81.6 Å². The molecular formula is C22H24ClN5O. The summed E-state index contributed by atoms with van der Waals surface area (Å²) in [5.74, 6) is 0.114. The lowest BCUT2D eigenvalue weighted by molar-refractivity contribution is 0.0977. The van der Waals surface area contributed by atoms with Crippen LogP contribution in [-0.4, -0.2) is 21.6 Å². The van der Waals surface area contributed by atoms with Crippen molar-refractivity contribution in [3.8, 4) is 0 Å². The van der Waals surface area contributed by atoms with E-state index in [1.165, 1.54) is 0 Å². The minimum atomic E-state index is -0.235. The molecule has 0 atom stereocenters. The second kappa shape index (κ2) is 8.92. The summed E-state index contributed by atoms with van der Waals surface area (Å²) in [6.07, 6.45) is 0. The van der Waals surface area contributed by atoms with Gasteiger partial charge in [0.25, 0.3) is 5.91 Å². The van der Waals surface area contributed by atoms with Gasteiger partial charge < -0.3 is 5.32 Å². The van der Waals surface area contributed by atoms with Crippen LogP contribution >= 0.6 is 11.6 Å². The summed E-state index contributed by atoms with van der Waals surface area (Å²) >= 11 is 6.09. The molecule has 0 aliphatic carbocycles. The molecular weight excluding hydrogens is 386 g/mol. The smallest absolute Gasteiger partial charge is 0.257 e. The molecule has 0 spiro atoms. The van der Waals surface area contributed by atoms with E-state index in [4.69, 9.17) is 11.6 Å². The summed E-state index contributed by atoms with van der Waals surface area (Å²) in [5.41, 5.74) is 5.31. The molecule has 0 aliphatic rings. The Morgan fingerprint density at radius 2 is 1.90 bits per heavy atom. The maximum atomic E-state index is 12.7. The number of benzene rings is 2. The highest BCUT2D eigenvalue weighted by Crippen LogP contribution is 2.16. The molecule has 29 heavy (non-hydrogen) atoms. The number of guanidine groups is 1. The van der Waals surface area contributed by atoms with Gasteiger partial charge in [0.15, 0.2) is 0 Å². The molecule has 1 heterocycles. The Morgan fingerprint density at radius 1 is 1.14 bits per heavy atom. The Kier molecular flexibility index (Phi) is 6.34. The van der Waals surface area contributed by atoms with Gasteiger partial charge in [0.05, 0.1) is 12.2 Å². The number of hydrogen-bond acceptors (Lipinski definition) is 3. The van der Waals surface area contributed by atoms with E-state index in [1.807, 2.05) is 62.8 Å². The van der Waals surface area contributed by atoms with Crippen molar-refractivity contribution in [2.75, 3.05) is 5.32 Å². The molecule has 0 bridgehead atoms. The fraction of sp³-hybridized carbons (Fsp3) is 0.227. The summed E-state index contributed by atoms with van der Waals surface area (Å²) in [6, 6.07) is 14.7. The summed E-state index contributed by atoms with van der Waals surface area (Å²) in [6.45, 7) is 6.29. The molecule has 0 unspecified atom stereocenters. The minimum absolute atomic E-state index is 0.235. The Morgan fingerprint density at radius 3 is 2.55 bits per heavy atom. The predicted octanol–water partition coefficient (Wildman–Crippen LogP) is 4.40. The Labute approximate surface area is 175 Å². The topological polar surface area (TPSA) is 71.3 Å². The number of aromatic nitrogens is 2. The quantitative estimate of drug-likeness (QED) is 0.495. The molecule has 2 N–H and O–H groups in total. The van der Waals surface area contributed by atoms with E-state index >= 15 is 0 Å². The van der Waals surface area contributed by atoms with Crippen molar-refractivity contribution in [2.24, 2.45) is 12.0 Å². The molecule has 3 aromatic rings. The van der Waals surface area contributed by atoms with Crippen LogP contribution in [0.4, 0.5) is 5.69 Å². The summed E-state index contributed by atoms with van der Waals surface area (Å²) in [4.78, 5) is 17.4. The molecule has 0 saturated heterocycles. The highest BCUT2D eigenvalue weighted by Gasteiger charge is 2.12. The number of anilines is 1. The average molecular weight is 410 g/mol. The van der Waals surface area contributed by atoms with Crippen molar-refractivity contribution in [3.63, 3.8) is 0 Å². The van der Waals surface area contributed by atoms with Gasteiger partial charge in [-0.2, -0.15) is 5.10 Å². The van der Waals surface area contributed by atoms with Crippen LogP contribution in [0.1, 0.15) is 32.9 Å². The molecule has 7 heteroatoms. The van der Waals surface area contributed by atoms with Crippen molar-refractivity contribution < 1.29 is 4.79 Å². The lowest BCUT2D eigenvalue weighted by Crippen LogP contribution is -2.36. The van der Waals surface area contributed by atoms with Crippen molar-refractivity contribution in [1.82, 2.24) is 15.1 Å². The van der Waals surface area contributed by atoms with Gasteiger partial charge in [-0.25, -0.2) is 4.99 Å². The number of halogens is 1. The zero-order chi connectivity index (χ0) is 21.0. The summed E-state index contributed by atoms with van der Waals surface area (Å²) in [7, 11) is 1.90. The van der Waals surface area contributed by atoms with Gasteiger partial charge in [0.1, 0.15) is 0 Å². The third-order valence-electron chi connectivity index (χ3n) is 4.65. The molecule has 150 valence electrons. The van der Waals surface area contributed by atoms with Gasteiger partial charge in [-0.05, 0) is 51.1 Å². The number of carbonyl (C=O) groups is 1. The SMILES string of the molecule is Cc1cccc(C(=O)NC(=NCc2c(C)nn(C)c2C)Nc2cccc(Cl)c2)c1. The number of aryl methyl sites for hydroxylation is 3. The first-order valence-electron chi connectivity index (χ1n) is 9.27. The van der Waals surface area contributed by atoms with Crippen LogP contribution in [0.25, 0.3) is 0 Å². The van der Waals surface area contributed by atoms with E-state index in [-0.39, 0.29) is 5.91 Å². The van der Waals surface area contributed by atoms with Crippen LogP contribution in [0.5, 0.6) is 0 Å². The lowest BCUT2D eigenvalue weighted by Gasteiger charge is -2.12. The fourth-order valence-electron chi connectivity index (χ4n) is 2.98. The summed E-state index contributed by atoms with van der Waals surface area (Å²) < 4.78 is 1.83. The zero-order valence-electron chi connectivity index (χ0n) is 17.0.